The molecule has 3 heteroatoms. The molecule has 0 radical (unpaired) electrons. The topological polar surface area (TPSA) is 41.5 Å². The van der Waals surface area contributed by atoms with Crippen molar-refractivity contribution in [3.8, 4) is 0 Å². The van der Waals surface area contributed by atoms with Crippen molar-refractivity contribution < 1.29 is 9.84 Å². The van der Waals surface area contributed by atoms with Crippen molar-refractivity contribution in [2.24, 2.45) is 0 Å². The molecule has 15 heavy (non-hydrogen) atoms. The predicted octanol–water partition coefficient (Wildman–Crippen LogP) is 1.94. The number of unbranched alkanes of at least 4 members (excludes halogenated alkanes) is 1. The molecule has 0 aliphatic heterocycles. The summed E-state index contributed by atoms with van der Waals surface area (Å²) in [5.41, 5.74) is -0.112. The van der Waals surface area contributed by atoms with Crippen molar-refractivity contribution in [1.29, 1.82) is 0 Å². The van der Waals surface area contributed by atoms with Gasteiger partial charge in [0.05, 0.1) is 6.61 Å². The Bertz CT molecular complexity index is 142. The lowest BCUT2D eigenvalue weighted by Gasteiger charge is -2.28. The molecule has 0 aromatic carbocycles. The van der Waals surface area contributed by atoms with Crippen LogP contribution in [0.5, 0.6) is 0 Å². The lowest BCUT2D eigenvalue weighted by molar-refractivity contribution is 0.122. The van der Waals surface area contributed by atoms with Gasteiger partial charge in [0.15, 0.2) is 0 Å². The van der Waals surface area contributed by atoms with E-state index >= 15 is 0 Å². The number of aliphatic hydroxyl groups is 1. The SMILES string of the molecule is CCCOCCCCC(C)(CO)NCC. The van der Waals surface area contributed by atoms with E-state index in [4.69, 9.17) is 4.74 Å². The summed E-state index contributed by atoms with van der Waals surface area (Å²) in [7, 11) is 0. The number of hydrogen-bond acceptors (Lipinski definition) is 3. The third kappa shape index (κ3) is 7.77. The van der Waals surface area contributed by atoms with Gasteiger partial charge in [-0.2, -0.15) is 0 Å². The molecular formula is C12H27NO2. The van der Waals surface area contributed by atoms with E-state index in [0.29, 0.717) is 0 Å². The summed E-state index contributed by atoms with van der Waals surface area (Å²) in [6.45, 7) is 9.08. The fourth-order valence-corrected chi connectivity index (χ4v) is 1.62. The highest BCUT2D eigenvalue weighted by atomic mass is 16.5. The van der Waals surface area contributed by atoms with Crippen LogP contribution in [0, 0.1) is 0 Å². The normalized spacial score (nSPS) is 15.2. The molecule has 0 bridgehead atoms. The van der Waals surface area contributed by atoms with E-state index < -0.39 is 0 Å². The van der Waals surface area contributed by atoms with Gasteiger partial charge in [-0.15, -0.1) is 0 Å². The molecule has 0 saturated carbocycles. The van der Waals surface area contributed by atoms with Gasteiger partial charge in [-0.05, 0) is 39.2 Å². The molecule has 0 fully saturated rings. The van der Waals surface area contributed by atoms with Gasteiger partial charge in [-0.1, -0.05) is 13.8 Å². The summed E-state index contributed by atoms with van der Waals surface area (Å²) in [6, 6.07) is 0. The van der Waals surface area contributed by atoms with Crippen LogP contribution in [0.25, 0.3) is 0 Å². The van der Waals surface area contributed by atoms with Crippen molar-refractivity contribution in [3.05, 3.63) is 0 Å². The van der Waals surface area contributed by atoms with E-state index in [1.54, 1.807) is 0 Å². The standard InChI is InChI=1S/C12H27NO2/c1-4-9-15-10-7-6-8-12(3,11-14)13-5-2/h13-14H,4-11H2,1-3H3. The molecule has 0 aromatic heterocycles. The van der Waals surface area contributed by atoms with Crippen molar-refractivity contribution in [1.82, 2.24) is 5.32 Å². The lowest BCUT2D eigenvalue weighted by Crippen LogP contribution is -2.45. The van der Waals surface area contributed by atoms with Gasteiger partial charge < -0.3 is 15.2 Å². The van der Waals surface area contributed by atoms with Crippen LogP contribution >= 0.6 is 0 Å². The smallest absolute Gasteiger partial charge is 0.0610 e. The molecule has 2 N–H and O–H groups in total. The Morgan fingerprint density at radius 3 is 2.47 bits per heavy atom. The van der Waals surface area contributed by atoms with Gasteiger partial charge in [0, 0.05) is 18.8 Å². The summed E-state index contributed by atoms with van der Waals surface area (Å²) in [5.74, 6) is 0. The Labute approximate surface area is 94.2 Å². The second kappa shape index (κ2) is 9.13. The molecule has 0 amide bonds. The molecule has 92 valence electrons. The molecule has 0 aromatic rings. The molecule has 0 aliphatic rings. The summed E-state index contributed by atoms with van der Waals surface area (Å²) >= 11 is 0. The van der Waals surface area contributed by atoms with Crippen LogP contribution < -0.4 is 5.32 Å². The summed E-state index contributed by atoms with van der Waals surface area (Å²) < 4.78 is 5.41. The maximum Gasteiger partial charge on any atom is 0.0610 e. The van der Waals surface area contributed by atoms with E-state index in [0.717, 1.165) is 45.4 Å². The monoisotopic (exact) mass is 217 g/mol. The minimum Gasteiger partial charge on any atom is -0.394 e. The Hall–Kier alpha value is -0.120. The Morgan fingerprint density at radius 1 is 1.20 bits per heavy atom. The fourth-order valence-electron chi connectivity index (χ4n) is 1.62. The van der Waals surface area contributed by atoms with Crippen molar-refractivity contribution in [2.75, 3.05) is 26.4 Å². The highest BCUT2D eigenvalue weighted by Crippen LogP contribution is 2.12. The van der Waals surface area contributed by atoms with E-state index in [9.17, 15) is 5.11 Å². The second-order valence-electron chi connectivity index (χ2n) is 4.32. The summed E-state index contributed by atoms with van der Waals surface area (Å²) in [5, 5.41) is 12.6. The Balaban J connectivity index is 3.46. The highest BCUT2D eigenvalue weighted by molar-refractivity contribution is 4.81. The molecule has 0 aliphatic carbocycles. The average molecular weight is 217 g/mol. The molecule has 0 rings (SSSR count). The minimum absolute atomic E-state index is 0.112. The maximum atomic E-state index is 9.26. The zero-order chi connectivity index (χ0) is 11.6. The summed E-state index contributed by atoms with van der Waals surface area (Å²) in [4.78, 5) is 0. The lowest BCUT2D eigenvalue weighted by atomic mass is 9.96. The van der Waals surface area contributed by atoms with Gasteiger partial charge in [-0.3, -0.25) is 0 Å². The number of ether oxygens (including phenoxy) is 1. The third-order valence-electron chi connectivity index (χ3n) is 2.57. The third-order valence-corrected chi connectivity index (χ3v) is 2.57. The zero-order valence-electron chi connectivity index (χ0n) is 10.5. The van der Waals surface area contributed by atoms with E-state index in [1.807, 2.05) is 0 Å². The van der Waals surface area contributed by atoms with E-state index in [-0.39, 0.29) is 12.1 Å². The van der Waals surface area contributed by atoms with Crippen LogP contribution in [0.15, 0.2) is 0 Å². The molecule has 0 heterocycles. The van der Waals surface area contributed by atoms with Crippen LogP contribution in [-0.2, 0) is 4.74 Å². The van der Waals surface area contributed by atoms with Gasteiger partial charge in [0.1, 0.15) is 0 Å². The maximum absolute atomic E-state index is 9.26. The van der Waals surface area contributed by atoms with Crippen LogP contribution in [0.2, 0.25) is 0 Å². The fraction of sp³-hybridized carbons (Fsp3) is 1.00. The first-order chi connectivity index (χ1) is 7.18. The van der Waals surface area contributed by atoms with E-state index in [1.165, 1.54) is 0 Å². The highest BCUT2D eigenvalue weighted by Gasteiger charge is 2.20. The number of rotatable bonds is 10. The van der Waals surface area contributed by atoms with Gasteiger partial charge in [0.2, 0.25) is 0 Å². The first kappa shape index (κ1) is 14.9. The number of aliphatic hydroxyl groups excluding tert-OH is 1. The number of likely N-dealkylation sites (N-methyl/N-ethyl adjacent to an activating group) is 1. The molecule has 3 nitrogen and oxygen atoms in total. The van der Waals surface area contributed by atoms with Crippen LogP contribution in [0.3, 0.4) is 0 Å². The molecule has 1 atom stereocenters. The van der Waals surface area contributed by atoms with Gasteiger partial charge in [0.25, 0.3) is 0 Å². The largest absolute Gasteiger partial charge is 0.394 e. The quantitative estimate of drug-likeness (QED) is 0.550. The van der Waals surface area contributed by atoms with E-state index in [2.05, 4.69) is 26.1 Å². The first-order valence-electron chi connectivity index (χ1n) is 6.12. The molecular weight excluding hydrogens is 190 g/mol. The Morgan fingerprint density at radius 2 is 1.93 bits per heavy atom. The first-order valence-corrected chi connectivity index (χ1v) is 6.12. The molecule has 0 spiro atoms. The van der Waals surface area contributed by atoms with Gasteiger partial charge in [-0.25, -0.2) is 0 Å². The van der Waals surface area contributed by atoms with Crippen LogP contribution in [0.4, 0.5) is 0 Å². The van der Waals surface area contributed by atoms with Crippen molar-refractivity contribution in [3.63, 3.8) is 0 Å². The Kier molecular flexibility index (Phi) is 9.06. The van der Waals surface area contributed by atoms with Crippen molar-refractivity contribution in [2.45, 2.75) is 52.0 Å². The zero-order valence-corrected chi connectivity index (χ0v) is 10.5. The number of hydrogen-bond donors (Lipinski definition) is 2. The second-order valence-corrected chi connectivity index (χ2v) is 4.32. The number of nitrogens with one attached hydrogen (secondary N) is 1. The molecule has 1 unspecified atom stereocenters. The minimum atomic E-state index is -0.112. The summed E-state index contributed by atoms with van der Waals surface area (Å²) in [6.07, 6.45) is 4.29. The van der Waals surface area contributed by atoms with Gasteiger partial charge >= 0.3 is 0 Å². The van der Waals surface area contributed by atoms with Crippen LogP contribution in [-0.4, -0.2) is 37.0 Å². The predicted molar refractivity (Wildman–Crippen MR) is 64.1 cm³/mol. The average Bonchev–Trinajstić information content (AvgIpc) is 2.24. The molecule has 0 saturated heterocycles. The van der Waals surface area contributed by atoms with Crippen LogP contribution in [0.1, 0.15) is 46.5 Å². The van der Waals surface area contributed by atoms with Crippen molar-refractivity contribution >= 4 is 0 Å².